The van der Waals surface area contributed by atoms with Gasteiger partial charge in [0.05, 0.1) is 12.1 Å². The second-order valence-electron chi connectivity index (χ2n) is 4.34. The van der Waals surface area contributed by atoms with E-state index < -0.39 is 6.03 Å². The maximum Gasteiger partial charge on any atom is 0.323 e. The molecule has 0 radical (unpaired) electrons. The molecule has 1 amide bonds. The van der Waals surface area contributed by atoms with Crippen molar-refractivity contribution in [2.75, 3.05) is 6.61 Å². The number of ether oxygens (including phenoxy) is 1. The highest BCUT2D eigenvalue weighted by atomic mass is 16.5. The molecule has 0 fully saturated rings. The Morgan fingerprint density at radius 2 is 2.00 bits per heavy atom. The van der Waals surface area contributed by atoms with E-state index >= 15 is 0 Å². The molecule has 0 aliphatic heterocycles. The first-order valence-electron chi connectivity index (χ1n) is 6.04. The van der Waals surface area contributed by atoms with Gasteiger partial charge in [0.25, 0.3) is 0 Å². The van der Waals surface area contributed by atoms with Crippen LogP contribution in [0.5, 0.6) is 0 Å². The van der Waals surface area contributed by atoms with Crippen molar-refractivity contribution in [3.63, 3.8) is 0 Å². The van der Waals surface area contributed by atoms with Gasteiger partial charge in [-0.25, -0.2) is 4.79 Å². The summed E-state index contributed by atoms with van der Waals surface area (Å²) in [7, 11) is 0. The van der Waals surface area contributed by atoms with Crippen LogP contribution < -0.4 is 5.73 Å². The van der Waals surface area contributed by atoms with E-state index in [-0.39, 0.29) is 5.97 Å². The third-order valence-corrected chi connectivity index (χ3v) is 3.12. The number of nitrogens with zero attached hydrogens (tertiary/aromatic N) is 1. The Bertz CT molecular complexity index is 643. The SMILES string of the molecule is CC(=O)OCCc1c(C)n(C(N)=O)c2ccccc12. The molecule has 0 aliphatic carbocycles. The van der Waals surface area contributed by atoms with E-state index in [1.54, 1.807) is 0 Å². The van der Waals surface area contributed by atoms with Crippen LogP contribution in [0.25, 0.3) is 10.9 Å². The number of nitrogens with two attached hydrogens (primary N) is 1. The molecular weight excluding hydrogens is 244 g/mol. The molecule has 0 aliphatic rings. The van der Waals surface area contributed by atoms with Gasteiger partial charge in [-0.3, -0.25) is 9.36 Å². The number of fused-ring (bicyclic) bond motifs is 1. The van der Waals surface area contributed by atoms with Crippen LogP contribution in [0.2, 0.25) is 0 Å². The lowest BCUT2D eigenvalue weighted by Gasteiger charge is -2.04. The molecule has 0 spiro atoms. The molecular formula is C14H16N2O3. The summed E-state index contributed by atoms with van der Waals surface area (Å²) in [4.78, 5) is 22.3. The van der Waals surface area contributed by atoms with Crippen LogP contribution in [-0.2, 0) is 16.0 Å². The number of para-hydroxylation sites is 1. The minimum absolute atomic E-state index is 0.295. The first kappa shape index (κ1) is 13.1. The summed E-state index contributed by atoms with van der Waals surface area (Å²) in [6.45, 7) is 3.51. The fourth-order valence-corrected chi connectivity index (χ4v) is 2.33. The largest absolute Gasteiger partial charge is 0.466 e. The molecule has 1 aromatic heterocycles. The number of hydrogen-bond acceptors (Lipinski definition) is 3. The van der Waals surface area contributed by atoms with Crippen LogP contribution in [0.1, 0.15) is 18.2 Å². The molecule has 1 aromatic carbocycles. The number of carbonyl (C=O) groups is 2. The maximum atomic E-state index is 11.5. The molecule has 2 N–H and O–H groups in total. The Balaban J connectivity index is 2.45. The van der Waals surface area contributed by atoms with Crippen molar-refractivity contribution in [2.45, 2.75) is 20.3 Å². The van der Waals surface area contributed by atoms with E-state index in [0.29, 0.717) is 13.0 Å². The summed E-state index contributed by atoms with van der Waals surface area (Å²) in [5.74, 6) is -0.309. The van der Waals surface area contributed by atoms with Gasteiger partial charge in [0.15, 0.2) is 0 Å². The van der Waals surface area contributed by atoms with Crippen LogP contribution in [0, 0.1) is 6.92 Å². The second-order valence-corrected chi connectivity index (χ2v) is 4.34. The van der Waals surface area contributed by atoms with Gasteiger partial charge >= 0.3 is 12.0 Å². The minimum atomic E-state index is -0.507. The van der Waals surface area contributed by atoms with E-state index in [0.717, 1.165) is 22.2 Å². The quantitative estimate of drug-likeness (QED) is 0.857. The average Bonchev–Trinajstić information content (AvgIpc) is 2.62. The van der Waals surface area contributed by atoms with Crippen molar-refractivity contribution < 1.29 is 14.3 Å². The molecule has 2 aromatic rings. The predicted octanol–water partition coefficient (Wildman–Crippen LogP) is 1.98. The normalized spacial score (nSPS) is 10.6. The van der Waals surface area contributed by atoms with Crippen LogP contribution in [-0.4, -0.2) is 23.2 Å². The lowest BCUT2D eigenvalue weighted by molar-refractivity contribution is -0.140. The zero-order valence-corrected chi connectivity index (χ0v) is 11.0. The Morgan fingerprint density at radius 1 is 1.32 bits per heavy atom. The van der Waals surface area contributed by atoms with Gasteiger partial charge in [-0.15, -0.1) is 0 Å². The van der Waals surface area contributed by atoms with E-state index in [9.17, 15) is 9.59 Å². The van der Waals surface area contributed by atoms with Crippen LogP contribution in [0.3, 0.4) is 0 Å². The molecule has 100 valence electrons. The number of hydrogen-bond donors (Lipinski definition) is 1. The summed E-state index contributed by atoms with van der Waals surface area (Å²) in [5, 5.41) is 0.964. The van der Waals surface area contributed by atoms with Gasteiger partial charge in [0, 0.05) is 24.4 Å². The van der Waals surface area contributed by atoms with Crippen molar-refractivity contribution in [1.82, 2.24) is 4.57 Å². The number of rotatable bonds is 3. The highest BCUT2D eigenvalue weighted by Crippen LogP contribution is 2.25. The molecule has 0 bridgehead atoms. The van der Waals surface area contributed by atoms with Crippen molar-refractivity contribution in [3.05, 3.63) is 35.5 Å². The highest BCUT2D eigenvalue weighted by Gasteiger charge is 2.16. The predicted molar refractivity (Wildman–Crippen MR) is 72.0 cm³/mol. The molecule has 2 rings (SSSR count). The summed E-state index contributed by atoms with van der Waals surface area (Å²) in [5.41, 5.74) is 7.97. The highest BCUT2D eigenvalue weighted by molar-refractivity contribution is 5.94. The fourth-order valence-electron chi connectivity index (χ4n) is 2.33. The molecule has 0 saturated carbocycles. The summed E-state index contributed by atoms with van der Waals surface area (Å²) < 4.78 is 6.44. The topological polar surface area (TPSA) is 74.3 Å². The minimum Gasteiger partial charge on any atom is -0.466 e. The van der Waals surface area contributed by atoms with Gasteiger partial charge < -0.3 is 10.5 Å². The Hall–Kier alpha value is -2.30. The van der Waals surface area contributed by atoms with Crippen molar-refractivity contribution in [3.8, 4) is 0 Å². The number of esters is 1. The average molecular weight is 260 g/mol. The zero-order valence-electron chi connectivity index (χ0n) is 11.0. The molecule has 5 nitrogen and oxygen atoms in total. The van der Waals surface area contributed by atoms with Crippen LogP contribution in [0.15, 0.2) is 24.3 Å². The van der Waals surface area contributed by atoms with Crippen LogP contribution >= 0.6 is 0 Å². The van der Waals surface area contributed by atoms with Crippen molar-refractivity contribution in [2.24, 2.45) is 5.73 Å². The summed E-state index contributed by atoms with van der Waals surface area (Å²) in [6.07, 6.45) is 0.562. The van der Waals surface area contributed by atoms with Crippen molar-refractivity contribution >= 4 is 22.9 Å². The lowest BCUT2D eigenvalue weighted by Crippen LogP contribution is -2.20. The van der Waals surface area contributed by atoms with E-state index in [4.69, 9.17) is 10.5 Å². The number of amides is 1. The maximum absolute atomic E-state index is 11.5. The second kappa shape index (κ2) is 5.14. The van der Waals surface area contributed by atoms with Gasteiger partial charge in [-0.1, -0.05) is 18.2 Å². The standard InChI is InChI=1S/C14H16N2O3/c1-9-11(7-8-19-10(2)17)12-5-3-4-6-13(12)16(9)14(15)18/h3-6H,7-8H2,1-2H3,(H2,15,18). The number of primary amides is 1. The Morgan fingerprint density at radius 3 is 2.63 bits per heavy atom. The number of aromatic nitrogens is 1. The van der Waals surface area contributed by atoms with Gasteiger partial charge in [-0.2, -0.15) is 0 Å². The van der Waals surface area contributed by atoms with E-state index in [1.807, 2.05) is 31.2 Å². The van der Waals surface area contributed by atoms with Gasteiger partial charge in [-0.05, 0) is 18.6 Å². The molecule has 19 heavy (non-hydrogen) atoms. The Labute approximate surface area is 110 Å². The smallest absolute Gasteiger partial charge is 0.323 e. The zero-order chi connectivity index (χ0) is 14.0. The van der Waals surface area contributed by atoms with Gasteiger partial charge in [0.1, 0.15) is 0 Å². The number of benzene rings is 1. The van der Waals surface area contributed by atoms with Crippen LogP contribution in [0.4, 0.5) is 4.79 Å². The van der Waals surface area contributed by atoms with Crippen molar-refractivity contribution in [1.29, 1.82) is 0 Å². The number of carbonyl (C=O) groups excluding carboxylic acids is 2. The first-order valence-corrected chi connectivity index (χ1v) is 6.04. The third kappa shape index (κ3) is 2.45. The lowest BCUT2D eigenvalue weighted by atomic mass is 10.1. The molecule has 0 atom stereocenters. The third-order valence-electron chi connectivity index (χ3n) is 3.12. The van der Waals surface area contributed by atoms with Gasteiger partial charge in [0.2, 0.25) is 0 Å². The van der Waals surface area contributed by atoms with E-state index in [2.05, 4.69) is 0 Å². The summed E-state index contributed by atoms with van der Waals surface area (Å²) in [6, 6.07) is 7.04. The monoisotopic (exact) mass is 260 g/mol. The molecule has 1 heterocycles. The molecule has 0 saturated heterocycles. The molecule has 5 heteroatoms. The Kier molecular flexibility index (Phi) is 3.55. The molecule has 0 unspecified atom stereocenters. The first-order chi connectivity index (χ1) is 9.02. The summed E-state index contributed by atoms with van der Waals surface area (Å²) >= 11 is 0. The van der Waals surface area contributed by atoms with E-state index in [1.165, 1.54) is 11.5 Å². The fraction of sp³-hybridized carbons (Fsp3) is 0.286.